The van der Waals surface area contributed by atoms with E-state index in [4.69, 9.17) is 0 Å². The summed E-state index contributed by atoms with van der Waals surface area (Å²) in [5.41, 5.74) is 3.64. The summed E-state index contributed by atoms with van der Waals surface area (Å²) >= 11 is 0. The predicted octanol–water partition coefficient (Wildman–Crippen LogP) is 3.95. The van der Waals surface area contributed by atoms with Crippen LogP contribution in [0.1, 0.15) is 24.5 Å². The van der Waals surface area contributed by atoms with Gasteiger partial charge in [-0.15, -0.1) is 0 Å². The molecule has 1 heteroatoms. The van der Waals surface area contributed by atoms with Gasteiger partial charge in [-0.1, -0.05) is 50.8 Å². The van der Waals surface area contributed by atoms with Crippen LogP contribution in [0.25, 0.3) is 0 Å². The molecule has 1 aromatic rings. The highest BCUT2D eigenvalue weighted by Crippen LogP contribution is 2.09. The maximum absolute atomic E-state index is 4.18. The van der Waals surface area contributed by atoms with Crippen molar-refractivity contribution in [1.29, 1.82) is 0 Å². The highest BCUT2D eigenvalue weighted by molar-refractivity contribution is 5.96. The highest BCUT2D eigenvalue weighted by Gasteiger charge is 1.98. The molecule has 1 rings (SSSR count). The zero-order chi connectivity index (χ0) is 11.8. The van der Waals surface area contributed by atoms with Gasteiger partial charge < -0.3 is 0 Å². The number of aryl methyl sites for hydroxylation is 1. The van der Waals surface area contributed by atoms with Crippen LogP contribution in [0.15, 0.2) is 54.7 Å². The Bertz CT molecular complexity index is 388. The van der Waals surface area contributed by atoms with Crippen molar-refractivity contribution in [2.24, 2.45) is 4.99 Å². The molecule has 0 aliphatic rings. The van der Waals surface area contributed by atoms with E-state index in [0.29, 0.717) is 0 Å². The average molecular weight is 213 g/mol. The minimum Gasteiger partial charge on any atom is -0.262 e. The lowest BCUT2D eigenvalue weighted by molar-refractivity contribution is 0.919. The van der Waals surface area contributed by atoms with Gasteiger partial charge in [-0.25, -0.2) is 0 Å². The largest absolute Gasteiger partial charge is 0.262 e. The van der Waals surface area contributed by atoms with Crippen molar-refractivity contribution in [1.82, 2.24) is 0 Å². The van der Waals surface area contributed by atoms with Gasteiger partial charge in [-0.3, -0.25) is 4.99 Å². The number of aliphatic imine (C=N–C) groups is 1. The minimum absolute atomic E-state index is 0.826. The summed E-state index contributed by atoms with van der Waals surface area (Å²) in [5.74, 6) is 0. The molecule has 0 aromatic heterocycles. The van der Waals surface area contributed by atoms with E-state index in [2.05, 4.69) is 49.3 Å². The second-order valence-corrected chi connectivity index (χ2v) is 3.75. The van der Waals surface area contributed by atoms with Crippen molar-refractivity contribution in [3.8, 4) is 0 Å². The molecule has 84 valence electrons. The summed E-state index contributed by atoms with van der Waals surface area (Å²) in [7, 11) is 0. The topological polar surface area (TPSA) is 12.4 Å². The number of nitrogens with zero attached hydrogens (tertiary/aromatic N) is 1. The van der Waals surface area contributed by atoms with Gasteiger partial charge in [0.1, 0.15) is 0 Å². The third-order valence-corrected chi connectivity index (χ3v) is 2.41. The Kier molecular flexibility index (Phi) is 5.27. The van der Waals surface area contributed by atoms with Gasteiger partial charge in [-0.05, 0) is 23.6 Å². The third-order valence-electron chi connectivity index (χ3n) is 2.41. The fourth-order valence-corrected chi connectivity index (χ4v) is 1.68. The first-order valence-corrected chi connectivity index (χ1v) is 5.68. The fraction of sp³-hybridized carbons (Fsp3) is 0.267. The van der Waals surface area contributed by atoms with E-state index in [1.54, 1.807) is 12.3 Å². The van der Waals surface area contributed by atoms with Crippen LogP contribution in [-0.2, 0) is 12.8 Å². The minimum atomic E-state index is 0.826. The van der Waals surface area contributed by atoms with Gasteiger partial charge >= 0.3 is 0 Å². The molecular formula is C15H19N. The molecule has 0 aliphatic heterocycles. The Hall–Kier alpha value is -1.63. The van der Waals surface area contributed by atoms with Crippen molar-refractivity contribution in [2.45, 2.75) is 26.2 Å². The monoisotopic (exact) mass is 213 g/mol. The molecule has 1 aromatic carbocycles. The fourth-order valence-electron chi connectivity index (χ4n) is 1.68. The van der Waals surface area contributed by atoms with Gasteiger partial charge in [0, 0.05) is 18.3 Å². The molecule has 0 atom stereocenters. The van der Waals surface area contributed by atoms with Crippen LogP contribution in [0.3, 0.4) is 0 Å². The molecule has 0 saturated heterocycles. The summed E-state index contributed by atoms with van der Waals surface area (Å²) in [6.45, 7) is 9.55. The van der Waals surface area contributed by atoms with Gasteiger partial charge in [0.2, 0.25) is 0 Å². The molecule has 0 heterocycles. The molecule has 1 nitrogen and oxygen atoms in total. The molecule has 0 spiro atoms. The second kappa shape index (κ2) is 6.78. The van der Waals surface area contributed by atoms with Gasteiger partial charge in [-0.2, -0.15) is 0 Å². The average Bonchev–Trinajstić information content (AvgIpc) is 2.29. The van der Waals surface area contributed by atoms with Crippen molar-refractivity contribution in [3.05, 3.63) is 60.8 Å². The lowest BCUT2D eigenvalue weighted by Crippen LogP contribution is -1.99. The Morgan fingerprint density at radius 3 is 2.69 bits per heavy atom. The van der Waals surface area contributed by atoms with Gasteiger partial charge in [0.05, 0.1) is 0 Å². The summed E-state index contributed by atoms with van der Waals surface area (Å²) in [5, 5.41) is 0. The summed E-state index contributed by atoms with van der Waals surface area (Å²) in [6, 6.07) is 8.65. The Balaban J connectivity index is 2.80. The smallest absolute Gasteiger partial charge is 0.0441 e. The molecule has 0 saturated carbocycles. The van der Waals surface area contributed by atoms with Gasteiger partial charge in [0.25, 0.3) is 0 Å². The van der Waals surface area contributed by atoms with Crippen molar-refractivity contribution in [3.63, 3.8) is 0 Å². The van der Waals surface area contributed by atoms with Crippen molar-refractivity contribution >= 4 is 5.71 Å². The first-order chi connectivity index (χ1) is 7.80. The highest BCUT2D eigenvalue weighted by atomic mass is 14.7. The van der Waals surface area contributed by atoms with Gasteiger partial charge in [0.15, 0.2) is 0 Å². The van der Waals surface area contributed by atoms with E-state index >= 15 is 0 Å². The van der Waals surface area contributed by atoms with Crippen LogP contribution < -0.4 is 0 Å². The Morgan fingerprint density at radius 2 is 2.06 bits per heavy atom. The van der Waals surface area contributed by atoms with Crippen LogP contribution in [0, 0.1) is 0 Å². The zero-order valence-electron chi connectivity index (χ0n) is 9.95. The Morgan fingerprint density at radius 1 is 1.31 bits per heavy atom. The first-order valence-electron chi connectivity index (χ1n) is 5.68. The van der Waals surface area contributed by atoms with Crippen LogP contribution in [0.5, 0.6) is 0 Å². The van der Waals surface area contributed by atoms with Crippen molar-refractivity contribution in [2.75, 3.05) is 0 Å². The molecule has 16 heavy (non-hydrogen) atoms. The van der Waals surface area contributed by atoms with E-state index in [0.717, 1.165) is 18.6 Å². The normalized spacial score (nSPS) is 11.2. The Labute approximate surface area is 98.2 Å². The number of allylic oxidation sites excluding steroid dienone is 1. The quantitative estimate of drug-likeness (QED) is 0.634. The molecule has 0 radical (unpaired) electrons. The number of hydrogen-bond donors (Lipinski definition) is 0. The summed E-state index contributed by atoms with van der Waals surface area (Å²) in [6.07, 6.45) is 6.49. The molecule has 0 unspecified atom stereocenters. The predicted molar refractivity (Wildman–Crippen MR) is 72.0 cm³/mol. The molecule has 0 N–H and O–H groups in total. The van der Waals surface area contributed by atoms with E-state index < -0.39 is 0 Å². The van der Waals surface area contributed by atoms with E-state index in [-0.39, 0.29) is 0 Å². The molecule has 0 fully saturated rings. The van der Waals surface area contributed by atoms with E-state index in [9.17, 15) is 0 Å². The second-order valence-electron chi connectivity index (χ2n) is 3.75. The van der Waals surface area contributed by atoms with E-state index in [1.807, 2.05) is 0 Å². The summed E-state index contributed by atoms with van der Waals surface area (Å²) < 4.78 is 0. The van der Waals surface area contributed by atoms with Crippen molar-refractivity contribution < 1.29 is 0 Å². The number of hydrogen-bond acceptors (Lipinski definition) is 1. The SMILES string of the molecule is C=C/N=C(\C=C)Cc1cccc(CCC)c1. The van der Waals surface area contributed by atoms with Crippen LogP contribution in [-0.4, -0.2) is 5.71 Å². The number of benzene rings is 1. The standard InChI is InChI=1S/C15H19N/c1-4-8-13-9-7-10-14(11-13)12-15(5-2)16-6-3/h5-7,9-11H,2-4,8,12H2,1H3/b16-15+. The molecule has 0 aliphatic carbocycles. The maximum atomic E-state index is 4.18. The number of rotatable bonds is 6. The molecule has 0 bridgehead atoms. The lowest BCUT2D eigenvalue weighted by Gasteiger charge is -2.04. The van der Waals surface area contributed by atoms with E-state index in [1.165, 1.54) is 17.5 Å². The van der Waals surface area contributed by atoms with Crippen LogP contribution in [0.2, 0.25) is 0 Å². The first kappa shape index (κ1) is 12.4. The summed E-state index contributed by atoms with van der Waals surface area (Å²) in [4.78, 5) is 4.18. The van der Waals surface area contributed by atoms with Crippen LogP contribution >= 0.6 is 0 Å². The lowest BCUT2D eigenvalue weighted by atomic mass is 10.0. The molecule has 0 amide bonds. The third kappa shape index (κ3) is 3.85. The maximum Gasteiger partial charge on any atom is 0.0441 e. The molecular weight excluding hydrogens is 194 g/mol. The zero-order valence-corrected chi connectivity index (χ0v) is 9.95. The van der Waals surface area contributed by atoms with Crippen LogP contribution in [0.4, 0.5) is 0 Å².